The predicted octanol–water partition coefficient (Wildman–Crippen LogP) is -1.59. The van der Waals surface area contributed by atoms with Crippen molar-refractivity contribution in [3.05, 3.63) is 0 Å². The molecule has 0 amide bonds. The van der Waals surface area contributed by atoms with Crippen molar-refractivity contribution in [1.29, 1.82) is 0 Å². The summed E-state index contributed by atoms with van der Waals surface area (Å²) in [5.41, 5.74) is 0. The summed E-state index contributed by atoms with van der Waals surface area (Å²) in [5.74, 6) is -0.791. The van der Waals surface area contributed by atoms with Crippen LogP contribution in [0.3, 0.4) is 0 Å². The zero-order valence-electron chi connectivity index (χ0n) is 41.7. The van der Waals surface area contributed by atoms with Crippen LogP contribution in [0.15, 0.2) is 0 Å². The molecule has 5 saturated heterocycles. The maximum Gasteiger partial charge on any atom is 0.303 e. The van der Waals surface area contributed by atoms with Crippen LogP contribution in [-0.4, -0.2) is 241 Å². The molecule has 416 valence electrons. The van der Waals surface area contributed by atoms with E-state index in [9.17, 15) is 61.0 Å². The Hall–Kier alpha value is -1.41. The van der Waals surface area contributed by atoms with E-state index in [4.69, 9.17) is 57.2 Å². The van der Waals surface area contributed by atoms with E-state index in [2.05, 4.69) is 6.92 Å². The van der Waals surface area contributed by atoms with Crippen molar-refractivity contribution in [2.45, 2.75) is 278 Å². The van der Waals surface area contributed by atoms with Crippen LogP contribution in [0.25, 0.3) is 0 Å². The first-order chi connectivity index (χ1) is 33.7. The molecule has 5 aliphatic rings. The Bertz CT molecular complexity index is 1540. The summed E-state index contributed by atoms with van der Waals surface area (Å²) >= 11 is 0. The third-order valence-corrected chi connectivity index (χ3v) is 14.3. The number of aliphatic hydroxyl groups excluding tert-OH is 11. The fraction of sp³-hybridized carbons (Fsp3) is 0.979. The molecular weight excluding hydrogens is 948 g/mol. The highest BCUT2D eigenvalue weighted by molar-refractivity contribution is 5.66. The molecule has 5 heterocycles. The summed E-state index contributed by atoms with van der Waals surface area (Å²) in [6, 6.07) is 0. The molecule has 24 nitrogen and oxygen atoms in total. The highest BCUT2D eigenvalue weighted by Crippen LogP contribution is 2.37. The number of unbranched alkanes of at least 4 members (excludes halogenated alkanes) is 8. The number of methoxy groups -OCH3 is 1. The van der Waals surface area contributed by atoms with Gasteiger partial charge in [0, 0.05) is 13.5 Å². The number of aliphatic carboxylic acids is 1. The van der Waals surface area contributed by atoms with E-state index in [-0.39, 0.29) is 12.5 Å². The number of carbonyl (C=O) groups is 1. The number of carboxylic acids is 1. The Balaban J connectivity index is 1.28. The van der Waals surface area contributed by atoms with Gasteiger partial charge in [-0.25, -0.2) is 0 Å². The van der Waals surface area contributed by atoms with E-state index >= 15 is 0 Å². The first kappa shape index (κ1) is 60.5. The minimum absolute atomic E-state index is 0.168. The monoisotopic (exact) mass is 1030 g/mol. The first-order valence-corrected chi connectivity index (χ1v) is 25.4. The van der Waals surface area contributed by atoms with Crippen molar-refractivity contribution in [2.75, 3.05) is 13.7 Å². The highest BCUT2D eigenvalue weighted by Gasteiger charge is 2.56. The third-order valence-electron chi connectivity index (χ3n) is 14.3. The molecular formula is C47H84O24. The quantitative estimate of drug-likeness (QED) is 0.0435. The van der Waals surface area contributed by atoms with Crippen LogP contribution in [0.1, 0.15) is 118 Å². The molecule has 0 aromatic carbocycles. The molecule has 71 heavy (non-hydrogen) atoms. The van der Waals surface area contributed by atoms with E-state index in [1.807, 2.05) is 0 Å². The van der Waals surface area contributed by atoms with Crippen LogP contribution in [0.5, 0.6) is 0 Å². The van der Waals surface area contributed by atoms with E-state index < -0.39 is 166 Å². The van der Waals surface area contributed by atoms with Crippen LogP contribution in [-0.2, 0) is 56.9 Å². The van der Waals surface area contributed by atoms with Crippen LogP contribution in [0.2, 0.25) is 0 Å². The Kier molecular flexibility index (Phi) is 24.4. The van der Waals surface area contributed by atoms with Gasteiger partial charge in [0.05, 0.1) is 37.1 Å². The average Bonchev–Trinajstić information content (AvgIpc) is 3.33. The molecule has 0 aliphatic carbocycles. The van der Waals surface area contributed by atoms with E-state index in [1.165, 1.54) is 27.9 Å². The molecule has 5 rings (SSSR count). The van der Waals surface area contributed by atoms with Gasteiger partial charge in [-0.15, -0.1) is 0 Å². The summed E-state index contributed by atoms with van der Waals surface area (Å²) < 4.78 is 66.1. The summed E-state index contributed by atoms with van der Waals surface area (Å²) in [4.78, 5) is 10.8. The topological polar surface area (TPSA) is 361 Å². The SMILES string of the molecule is CCCCC[C@H](CCCCCCCCCC(=O)O)O[C@H]1O[C@H](C)[C@H](O)[C@H](O)[C@H]1O[C@@H]1OC(C)[C@H](O[C@H]2O[C@@H](C)[C@H](O[C@@H]3O[C@H](C)[C@H](O)[C@@H](O)[C@@H]3O)[C@@H](O[C@@H]3O[C@H](CO)[C@@H](O)[C@H](O)C3OC)[C@@H]2O)[C@H](O)[C@@H]1O. The van der Waals surface area contributed by atoms with Gasteiger partial charge in [-0.2, -0.15) is 0 Å². The molecule has 0 bridgehead atoms. The minimum Gasteiger partial charge on any atom is -0.481 e. The first-order valence-electron chi connectivity index (χ1n) is 25.4. The molecule has 5 aliphatic heterocycles. The van der Waals surface area contributed by atoms with Crippen LogP contribution < -0.4 is 0 Å². The van der Waals surface area contributed by atoms with Crippen molar-refractivity contribution in [2.24, 2.45) is 0 Å². The number of ether oxygens (including phenoxy) is 11. The molecule has 0 saturated carbocycles. The predicted molar refractivity (Wildman–Crippen MR) is 242 cm³/mol. The number of hydrogen-bond donors (Lipinski definition) is 12. The van der Waals surface area contributed by atoms with Crippen LogP contribution >= 0.6 is 0 Å². The number of hydrogen-bond acceptors (Lipinski definition) is 23. The third kappa shape index (κ3) is 15.6. The minimum atomic E-state index is -1.90. The van der Waals surface area contributed by atoms with Gasteiger partial charge in [-0.05, 0) is 47.0 Å². The van der Waals surface area contributed by atoms with Gasteiger partial charge in [-0.3, -0.25) is 4.79 Å². The second kappa shape index (κ2) is 28.6. The molecule has 12 N–H and O–H groups in total. The number of rotatable bonds is 26. The van der Waals surface area contributed by atoms with Gasteiger partial charge in [0.25, 0.3) is 0 Å². The molecule has 26 atom stereocenters. The van der Waals surface area contributed by atoms with Crippen molar-refractivity contribution >= 4 is 5.97 Å². The lowest BCUT2D eigenvalue weighted by molar-refractivity contribution is -0.400. The summed E-state index contributed by atoms with van der Waals surface area (Å²) in [6.07, 6.45) is -27.2. The van der Waals surface area contributed by atoms with Crippen molar-refractivity contribution in [3.8, 4) is 0 Å². The van der Waals surface area contributed by atoms with E-state index in [0.717, 1.165) is 57.8 Å². The lowest BCUT2D eigenvalue weighted by atomic mass is 9.95. The van der Waals surface area contributed by atoms with Gasteiger partial charge in [0.2, 0.25) is 0 Å². The Labute approximate surface area is 414 Å². The Morgan fingerprint density at radius 2 is 0.901 bits per heavy atom. The Morgan fingerprint density at radius 1 is 0.451 bits per heavy atom. The lowest BCUT2D eigenvalue weighted by Gasteiger charge is -2.50. The maximum absolute atomic E-state index is 12.0. The fourth-order valence-corrected chi connectivity index (χ4v) is 9.79. The van der Waals surface area contributed by atoms with E-state index in [0.29, 0.717) is 19.3 Å². The van der Waals surface area contributed by atoms with Gasteiger partial charge >= 0.3 is 5.97 Å². The zero-order valence-corrected chi connectivity index (χ0v) is 41.7. The zero-order chi connectivity index (χ0) is 52.3. The normalized spacial score (nSPS) is 44.9. The molecule has 0 aromatic rings. The average molecular weight is 1030 g/mol. The van der Waals surface area contributed by atoms with Gasteiger partial charge in [-0.1, -0.05) is 64.7 Å². The molecule has 0 spiro atoms. The molecule has 2 unspecified atom stereocenters. The Morgan fingerprint density at radius 3 is 1.49 bits per heavy atom. The fourth-order valence-electron chi connectivity index (χ4n) is 9.79. The van der Waals surface area contributed by atoms with E-state index in [1.54, 1.807) is 6.92 Å². The lowest BCUT2D eigenvalue weighted by Crippen LogP contribution is -2.67. The number of aliphatic hydroxyl groups is 11. The second-order valence-corrected chi connectivity index (χ2v) is 19.7. The van der Waals surface area contributed by atoms with Gasteiger partial charge in [0.15, 0.2) is 31.5 Å². The summed E-state index contributed by atoms with van der Waals surface area (Å²) in [5, 5.41) is 129. The maximum atomic E-state index is 12.0. The van der Waals surface area contributed by atoms with Crippen molar-refractivity contribution in [3.63, 3.8) is 0 Å². The standard InChI is InChI=1S/C47H84O24/c1-7-8-14-17-25(18-15-12-10-9-11-13-16-19-27(49)50)66-47-42(32(55)29(52)22(3)63-47)71-44-36(59)34(57)38(23(4)64-44)68-45-37(60)40(70-46-41(61-6)33(56)30(53)26(20-48)67-46)39(24(5)65-45)69-43-35(58)31(54)28(51)21(2)62-43/h21-26,28-48,51-60H,7-20H2,1-6H3,(H,49,50)/t21-,22-,23?,24+,25-,26-,28+,29+,30-,31-,32+,33+,34-,35+,36+,37+,38+,39+,40+,41?,42-,43+,44+,45-,46+,47-/m1/s1. The van der Waals surface area contributed by atoms with Crippen molar-refractivity contribution < 1.29 is 118 Å². The second-order valence-electron chi connectivity index (χ2n) is 19.7. The molecule has 0 aromatic heterocycles. The van der Waals surface area contributed by atoms with Gasteiger partial charge in [0.1, 0.15) is 97.7 Å². The molecule has 0 radical (unpaired) electrons. The smallest absolute Gasteiger partial charge is 0.303 e. The molecule has 5 fully saturated rings. The number of carboxylic acid groups (broad SMARTS) is 1. The van der Waals surface area contributed by atoms with Crippen molar-refractivity contribution in [1.82, 2.24) is 0 Å². The highest BCUT2D eigenvalue weighted by atomic mass is 16.8. The van der Waals surface area contributed by atoms with Gasteiger partial charge < -0.3 is 113 Å². The molecule has 24 heteroatoms. The summed E-state index contributed by atoms with van der Waals surface area (Å²) in [6.45, 7) is 7.31. The van der Waals surface area contributed by atoms with Crippen LogP contribution in [0.4, 0.5) is 0 Å². The summed E-state index contributed by atoms with van der Waals surface area (Å²) in [7, 11) is 1.20. The largest absolute Gasteiger partial charge is 0.481 e. The van der Waals surface area contributed by atoms with Crippen LogP contribution in [0, 0.1) is 0 Å².